The first-order chi connectivity index (χ1) is 15.6. The van der Waals surface area contributed by atoms with Gasteiger partial charge in [0.05, 0.1) is 5.69 Å². The van der Waals surface area contributed by atoms with E-state index in [-0.39, 0.29) is 12.1 Å². The van der Waals surface area contributed by atoms with Crippen molar-refractivity contribution >= 4 is 29.2 Å². The van der Waals surface area contributed by atoms with Gasteiger partial charge in [-0.3, -0.25) is 15.1 Å². The maximum Gasteiger partial charge on any atom is 0.328 e. The maximum absolute atomic E-state index is 13.4. The van der Waals surface area contributed by atoms with Crippen molar-refractivity contribution < 1.29 is 4.79 Å². The van der Waals surface area contributed by atoms with Crippen molar-refractivity contribution in [3.63, 3.8) is 0 Å². The summed E-state index contributed by atoms with van der Waals surface area (Å²) < 4.78 is 0. The van der Waals surface area contributed by atoms with Gasteiger partial charge in [0.1, 0.15) is 18.0 Å². The van der Waals surface area contributed by atoms with E-state index >= 15 is 0 Å². The second-order valence-electron chi connectivity index (χ2n) is 9.10. The van der Waals surface area contributed by atoms with Crippen LogP contribution in [0.4, 0.5) is 27.9 Å². The molecule has 0 aromatic carbocycles. The van der Waals surface area contributed by atoms with Crippen molar-refractivity contribution in [2.45, 2.75) is 45.2 Å². The molecular weight excluding hydrogens is 404 g/mol. The van der Waals surface area contributed by atoms with Crippen LogP contribution < -0.4 is 20.0 Å². The zero-order chi connectivity index (χ0) is 22.1. The lowest BCUT2D eigenvalue weighted by Gasteiger charge is -2.31. The quantitative estimate of drug-likeness (QED) is 0.792. The molecule has 9 nitrogen and oxygen atoms in total. The molecule has 32 heavy (non-hydrogen) atoms. The topological polar surface area (TPSA) is 80.7 Å². The van der Waals surface area contributed by atoms with Crippen LogP contribution in [0.15, 0.2) is 30.7 Å². The van der Waals surface area contributed by atoms with Crippen molar-refractivity contribution in [3.8, 4) is 0 Å². The fourth-order valence-electron chi connectivity index (χ4n) is 5.05. The van der Waals surface area contributed by atoms with Crippen molar-refractivity contribution in [2.24, 2.45) is 0 Å². The molecule has 6 heterocycles. The molecule has 2 aromatic heterocycles. The molecule has 2 bridgehead atoms. The minimum atomic E-state index is -0.176. The van der Waals surface area contributed by atoms with Gasteiger partial charge in [-0.1, -0.05) is 0 Å². The molecule has 6 rings (SSSR count). The van der Waals surface area contributed by atoms with Crippen LogP contribution >= 0.6 is 0 Å². The molecule has 0 aliphatic carbocycles. The number of nitrogens with zero attached hydrogens (tertiary/aromatic N) is 7. The van der Waals surface area contributed by atoms with E-state index in [1.165, 1.54) is 6.33 Å². The minimum Gasteiger partial charge on any atom is -0.368 e. The Morgan fingerprint density at radius 2 is 1.88 bits per heavy atom. The van der Waals surface area contributed by atoms with Crippen LogP contribution in [0.25, 0.3) is 0 Å². The van der Waals surface area contributed by atoms with E-state index in [2.05, 4.69) is 56.0 Å². The van der Waals surface area contributed by atoms with Gasteiger partial charge in [-0.05, 0) is 51.3 Å². The van der Waals surface area contributed by atoms with Gasteiger partial charge < -0.3 is 9.80 Å². The fourth-order valence-corrected chi connectivity index (χ4v) is 5.05. The van der Waals surface area contributed by atoms with E-state index in [1.807, 2.05) is 4.90 Å². The number of fused-ring (bicyclic) bond motifs is 2. The fraction of sp³-hybridized carbons (Fsp3) is 0.565. The van der Waals surface area contributed by atoms with Gasteiger partial charge in [0, 0.05) is 57.5 Å². The second kappa shape index (κ2) is 8.90. The highest BCUT2D eigenvalue weighted by Crippen LogP contribution is 2.39. The minimum absolute atomic E-state index is 0.137. The number of nitrogens with one attached hydrogen (secondary N) is 1. The highest BCUT2D eigenvalue weighted by molar-refractivity contribution is 6.03. The third kappa shape index (κ3) is 4.09. The van der Waals surface area contributed by atoms with E-state index in [4.69, 9.17) is 4.98 Å². The average Bonchev–Trinajstić information content (AvgIpc) is 3.21. The molecule has 2 aromatic rings. The Labute approximate surface area is 189 Å². The van der Waals surface area contributed by atoms with Crippen molar-refractivity contribution in [3.05, 3.63) is 30.7 Å². The van der Waals surface area contributed by atoms with Crippen LogP contribution in [0.5, 0.6) is 0 Å². The van der Waals surface area contributed by atoms with Crippen molar-refractivity contribution in [1.29, 1.82) is 0 Å². The summed E-state index contributed by atoms with van der Waals surface area (Å²) in [6.07, 6.45) is 6.07. The van der Waals surface area contributed by atoms with Gasteiger partial charge in [-0.15, -0.1) is 0 Å². The van der Waals surface area contributed by atoms with E-state index in [0.717, 1.165) is 75.9 Å². The van der Waals surface area contributed by atoms with Crippen molar-refractivity contribution in [2.75, 3.05) is 59.3 Å². The summed E-state index contributed by atoms with van der Waals surface area (Å²) in [4.78, 5) is 35.7. The normalized spacial score (nSPS) is 19.7. The molecule has 0 unspecified atom stereocenters. The highest BCUT2D eigenvalue weighted by Gasteiger charge is 2.37. The predicted octanol–water partition coefficient (Wildman–Crippen LogP) is 2.81. The number of anilines is 4. The maximum atomic E-state index is 13.4. The number of aromatic nitrogens is 3. The highest BCUT2D eigenvalue weighted by atomic mass is 16.2. The zero-order valence-electron chi connectivity index (χ0n) is 18.9. The molecular formula is C23H32N8O. The summed E-state index contributed by atoms with van der Waals surface area (Å²) in [6, 6.07) is 6.51. The first-order valence-corrected chi connectivity index (χ1v) is 11.7. The number of rotatable bonds is 3. The number of carbonyl (C=O) groups excluding carboxylic acids is 1. The number of piperidine rings is 1. The smallest absolute Gasteiger partial charge is 0.328 e. The molecule has 2 fully saturated rings. The molecule has 4 aliphatic rings. The van der Waals surface area contributed by atoms with Crippen LogP contribution in [-0.2, 0) is 0 Å². The largest absolute Gasteiger partial charge is 0.368 e. The summed E-state index contributed by atoms with van der Waals surface area (Å²) >= 11 is 0. The lowest BCUT2D eigenvalue weighted by Crippen LogP contribution is -2.46. The van der Waals surface area contributed by atoms with Gasteiger partial charge in [0.2, 0.25) is 0 Å². The van der Waals surface area contributed by atoms with E-state index < -0.39 is 0 Å². The molecule has 0 spiro atoms. The van der Waals surface area contributed by atoms with Gasteiger partial charge in [0.25, 0.3) is 0 Å². The lowest BCUT2D eigenvalue weighted by atomic mass is 10.1. The van der Waals surface area contributed by atoms with Gasteiger partial charge in [0.15, 0.2) is 5.82 Å². The predicted molar refractivity (Wildman–Crippen MR) is 127 cm³/mol. The van der Waals surface area contributed by atoms with Crippen molar-refractivity contribution in [1.82, 2.24) is 19.9 Å². The van der Waals surface area contributed by atoms with Crippen LogP contribution in [0.1, 0.15) is 33.1 Å². The van der Waals surface area contributed by atoms with Crippen LogP contribution in [0, 0.1) is 0 Å². The third-order valence-corrected chi connectivity index (χ3v) is 6.86. The Morgan fingerprint density at radius 3 is 2.62 bits per heavy atom. The molecule has 1 N–H and O–H groups in total. The summed E-state index contributed by atoms with van der Waals surface area (Å²) in [5.74, 6) is 2.22. The molecule has 0 atom stereocenters. The van der Waals surface area contributed by atoms with Crippen LogP contribution in [0.2, 0.25) is 0 Å². The molecule has 2 saturated heterocycles. The second-order valence-corrected chi connectivity index (χ2v) is 9.10. The van der Waals surface area contributed by atoms with Crippen LogP contribution in [0.3, 0.4) is 0 Å². The summed E-state index contributed by atoms with van der Waals surface area (Å²) in [6.45, 7) is 10.5. The third-order valence-electron chi connectivity index (χ3n) is 6.86. The summed E-state index contributed by atoms with van der Waals surface area (Å²) in [7, 11) is 0. The first kappa shape index (κ1) is 20.9. The average molecular weight is 437 g/mol. The van der Waals surface area contributed by atoms with Gasteiger partial charge in [-0.25, -0.2) is 19.7 Å². The van der Waals surface area contributed by atoms with Crippen LogP contribution in [-0.4, -0.2) is 77.2 Å². The Hall–Kier alpha value is -2.94. The monoisotopic (exact) mass is 436 g/mol. The lowest BCUT2D eigenvalue weighted by molar-refractivity contribution is 0.238. The number of amides is 2. The molecule has 0 saturated carbocycles. The summed E-state index contributed by atoms with van der Waals surface area (Å²) in [5, 5.41) is 2.95. The number of carbonyl (C=O) groups is 1. The number of hydrogen-bond donors (Lipinski definition) is 1. The Balaban J connectivity index is 1.45. The molecule has 2 amide bonds. The van der Waals surface area contributed by atoms with E-state index in [0.29, 0.717) is 11.9 Å². The zero-order valence-corrected chi connectivity index (χ0v) is 18.9. The molecule has 0 radical (unpaired) electrons. The van der Waals surface area contributed by atoms with Gasteiger partial charge in [-0.2, -0.15) is 0 Å². The molecule has 170 valence electrons. The molecule has 4 aliphatic heterocycles. The SMILES string of the molecule is CC(C)N1CCCN(c2ccc3c(n2)N(C(=O)Nc2ccncn2)C2CCN3CC2)CC1. The summed E-state index contributed by atoms with van der Waals surface area (Å²) in [5.41, 5.74) is 1.05. The number of hydrogen-bond acceptors (Lipinski definition) is 7. The van der Waals surface area contributed by atoms with Gasteiger partial charge >= 0.3 is 6.03 Å². The first-order valence-electron chi connectivity index (χ1n) is 11.7. The number of pyridine rings is 1. The number of urea groups is 1. The molecule has 9 heteroatoms. The van der Waals surface area contributed by atoms with E-state index in [1.54, 1.807) is 12.3 Å². The standard InChI is InChI=1S/C23H32N8O/c1-17(2)28-10-3-11-30(15-14-28)21-5-4-19-22(27-21)31(18-7-12-29(19)13-8-18)23(32)26-20-6-9-24-16-25-20/h4-6,9,16-18H,3,7-8,10-15H2,1-2H3,(H,24,25,26,32). The Kier molecular flexibility index (Phi) is 5.82. The Morgan fingerprint density at radius 1 is 1.03 bits per heavy atom. The van der Waals surface area contributed by atoms with E-state index in [9.17, 15) is 4.79 Å². The Bertz CT molecular complexity index is 944.